The molecular formula is C26H22ClNO4. The molecular weight excluding hydrogens is 426 g/mol. The van der Waals surface area contributed by atoms with Crippen LogP contribution in [0.15, 0.2) is 48.6 Å². The zero-order chi connectivity index (χ0) is 22.3. The van der Waals surface area contributed by atoms with E-state index in [2.05, 4.69) is 12.2 Å². The van der Waals surface area contributed by atoms with Crippen molar-refractivity contribution >= 4 is 35.1 Å². The number of hydrogen-bond donors (Lipinski definition) is 0. The lowest BCUT2D eigenvalue weighted by molar-refractivity contribution is -0.124. The van der Waals surface area contributed by atoms with Gasteiger partial charge in [0.2, 0.25) is 11.8 Å². The zero-order valence-electron chi connectivity index (χ0n) is 17.7. The molecule has 0 spiro atoms. The quantitative estimate of drug-likeness (QED) is 0.295. The average Bonchev–Trinajstić information content (AvgIpc) is 3.55. The van der Waals surface area contributed by atoms with Crippen LogP contribution < -0.4 is 9.64 Å². The second kappa shape index (κ2) is 6.79. The normalized spacial score (nSPS) is 31.5. The van der Waals surface area contributed by atoms with Crippen molar-refractivity contribution < 1.29 is 19.1 Å². The molecule has 2 saturated carbocycles. The molecule has 0 unspecified atom stereocenters. The van der Waals surface area contributed by atoms with Gasteiger partial charge in [-0.1, -0.05) is 23.8 Å². The van der Waals surface area contributed by atoms with Gasteiger partial charge in [-0.25, -0.2) is 4.79 Å². The fourth-order valence-corrected chi connectivity index (χ4v) is 6.20. The van der Waals surface area contributed by atoms with Gasteiger partial charge in [-0.05, 0) is 91.5 Å². The number of allylic oxidation sites excluding steroid dienone is 2. The van der Waals surface area contributed by atoms with Gasteiger partial charge in [-0.3, -0.25) is 14.5 Å². The maximum atomic E-state index is 13.2. The number of carbonyl (C=O) groups is 3. The third-order valence-electron chi connectivity index (χ3n) is 7.64. The molecule has 6 heteroatoms. The molecule has 2 aromatic rings. The number of imide groups is 1. The summed E-state index contributed by atoms with van der Waals surface area (Å²) in [6.45, 7) is 3.71. The highest BCUT2D eigenvalue weighted by molar-refractivity contribution is 6.32. The van der Waals surface area contributed by atoms with Crippen LogP contribution in [0.3, 0.4) is 0 Å². The Kier molecular flexibility index (Phi) is 4.19. The van der Waals surface area contributed by atoms with E-state index in [0.29, 0.717) is 33.9 Å². The highest BCUT2D eigenvalue weighted by Crippen LogP contribution is 2.65. The Morgan fingerprint density at radius 3 is 2.00 bits per heavy atom. The van der Waals surface area contributed by atoms with Crippen LogP contribution >= 0.6 is 11.6 Å². The molecule has 3 fully saturated rings. The van der Waals surface area contributed by atoms with Crippen LogP contribution in [0.25, 0.3) is 0 Å². The van der Waals surface area contributed by atoms with E-state index in [9.17, 15) is 14.4 Å². The standard InChI is InChI=1S/C26H22ClNO4/c1-12-9-16(10-13(2)23(12)27)32-26(31)14-3-5-15(6-4-14)28-24(29)21-17-7-8-18(20-11-19(17)20)22(21)25(28)30/h3-10,17-22H,11H2,1-2H3/t17-,18+,19-,20-,21+,22+/m1/s1. The minimum Gasteiger partial charge on any atom is -0.423 e. The number of nitrogens with zero attached hydrogens (tertiary/aromatic N) is 1. The summed E-state index contributed by atoms with van der Waals surface area (Å²) in [4.78, 5) is 40.4. The van der Waals surface area contributed by atoms with E-state index in [4.69, 9.17) is 16.3 Å². The number of anilines is 1. The van der Waals surface area contributed by atoms with Crippen molar-refractivity contribution in [1.82, 2.24) is 0 Å². The maximum Gasteiger partial charge on any atom is 0.343 e. The Labute approximate surface area is 191 Å². The minimum absolute atomic E-state index is 0.104. The van der Waals surface area contributed by atoms with Gasteiger partial charge in [0.1, 0.15) is 5.75 Å². The zero-order valence-corrected chi connectivity index (χ0v) is 18.5. The van der Waals surface area contributed by atoms with Gasteiger partial charge in [0.25, 0.3) is 0 Å². The van der Waals surface area contributed by atoms with E-state index in [1.807, 2.05) is 13.8 Å². The molecule has 0 radical (unpaired) electrons. The second-order valence-electron chi connectivity index (χ2n) is 9.47. The first kappa shape index (κ1) is 19.7. The first-order valence-electron chi connectivity index (χ1n) is 11.0. The number of esters is 1. The third-order valence-corrected chi connectivity index (χ3v) is 8.24. The van der Waals surface area contributed by atoms with E-state index < -0.39 is 5.97 Å². The molecule has 2 bridgehead atoms. The summed E-state index contributed by atoms with van der Waals surface area (Å²) in [6, 6.07) is 9.94. The van der Waals surface area contributed by atoms with Crippen LogP contribution in [0.2, 0.25) is 5.02 Å². The fourth-order valence-electron chi connectivity index (χ4n) is 6.09. The summed E-state index contributed by atoms with van der Waals surface area (Å²) in [5.74, 6) is 0.764. The minimum atomic E-state index is -0.507. The lowest BCUT2D eigenvalue weighted by atomic mass is 9.63. The Morgan fingerprint density at radius 2 is 1.47 bits per heavy atom. The van der Waals surface area contributed by atoms with Crippen molar-refractivity contribution in [2.24, 2.45) is 35.5 Å². The Bertz CT molecular complexity index is 1160. The number of ether oxygens (including phenoxy) is 1. The van der Waals surface area contributed by atoms with Gasteiger partial charge >= 0.3 is 5.97 Å². The molecule has 1 heterocycles. The third kappa shape index (κ3) is 2.73. The topological polar surface area (TPSA) is 63.7 Å². The Hall–Kier alpha value is -2.92. The predicted octanol–water partition coefficient (Wildman–Crippen LogP) is 4.73. The molecule has 1 saturated heterocycles. The number of benzene rings is 2. The van der Waals surface area contributed by atoms with Crippen LogP contribution in [0, 0.1) is 49.4 Å². The van der Waals surface area contributed by atoms with E-state index in [-0.39, 0.29) is 35.5 Å². The average molecular weight is 448 g/mol. The van der Waals surface area contributed by atoms with Gasteiger partial charge in [0, 0.05) is 5.02 Å². The molecule has 4 aliphatic carbocycles. The maximum absolute atomic E-state index is 13.2. The largest absolute Gasteiger partial charge is 0.423 e. The summed E-state index contributed by atoms with van der Waals surface area (Å²) >= 11 is 6.18. The number of amides is 2. The monoisotopic (exact) mass is 447 g/mol. The summed E-state index contributed by atoms with van der Waals surface area (Å²) < 4.78 is 5.50. The fraction of sp³-hybridized carbons (Fsp3) is 0.346. The first-order chi connectivity index (χ1) is 15.3. The summed E-state index contributed by atoms with van der Waals surface area (Å²) in [7, 11) is 0. The van der Waals surface area contributed by atoms with E-state index in [0.717, 1.165) is 17.5 Å². The van der Waals surface area contributed by atoms with Crippen molar-refractivity contribution in [2.75, 3.05) is 4.90 Å². The van der Waals surface area contributed by atoms with Gasteiger partial charge in [-0.15, -0.1) is 0 Å². The summed E-state index contributed by atoms with van der Waals surface area (Å²) in [5.41, 5.74) is 2.52. The van der Waals surface area contributed by atoms with Crippen LogP contribution in [-0.4, -0.2) is 17.8 Å². The number of aryl methyl sites for hydroxylation is 2. The Morgan fingerprint density at radius 1 is 0.938 bits per heavy atom. The number of rotatable bonds is 3. The van der Waals surface area contributed by atoms with Gasteiger partial charge in [0.15, 0.2) is 0 Å². The van der Waals surface area contributed by atoms with Crippen LogP contribution in [0.1, 0.15) is 27.9 Å². The molecule has 2 aromatic carbocycles. The Balaban J connectivity index is 1.22. The number of carbonyl (C=O) groups excluding carboxylic acids is 3. The van der Waals surface area contributed by atoms with Gasteiger partial charge < -0.3 is 4.74 Å². The molecule has 1 aliphatic heterocycles. The van der Waals surface area contributed by atoms with E-state index in [1.165, 1.54) is 4.90 Å². The number of halogens is 1. The predicted molar refractivity (Wildman–Crippen MR) is 120 cm³/mol. The molecule has 162 valence electrons. The van der Waals surface area contributed by atoms with Crippen molar-refractivity contribution in [2.45, 2.75) is 20.3 Å². The smallest absolute Gasteiger partial charge is 0.343 e. The number of hydrogen-bond acceptors (Lipinski definition) is 4. The molecule has 5 nitrogen and oxygen atoms in total. The molecule has 2 amide bonds. The van der Waals surface area contributed by atoms with E-state index in [1.54, 1.807) is 36.4 Å². The summed E-state index contributed by atoms with van der Waals surface area (Å²) in [6.07, 6.45) is 5.46. The summed E-state index contributed by atoms with van der Waals surface area (Å²) in [5, 5.41) is 0.649. The van der Waals surface area contributed by atoms with Crippen LogP contribution in [0.5, 0.6) is 5.75 Å². The second-order valence-corrected chi connectivity index (χ2v) is 9.85. The highest BCUT2D eigenvalue weighted by atomic mass is 35.5. The molecule has 0 N–H and O–H groups in total. The SMILES string of the molecule is Cc1cc(OC(=O)c2ccc(N3C(=O)[C@H]4[C@@H]5C=C[C@@H]([C@H]6C[C@H]56)[C@@H]4C3=O)cc2)cc(C)c1Cl. The lowest BCUT2D eigenvalue weighted by Crippen LogP contribution is -2.40. The molecule has 6 atom stereocenters. The van der Waals surface area contributed by atoms with Crippen molar-refractivity contribution in [3.05, 3.63) is 70.3 Å². The molecule has 0 aromatic heterocycles. The van der Waals surface area contributed by atoms with Crippen LogP contribution in [-0.2, 0) is 9.59 Å². The highest BCUT2D eigenvalue weighted by Gasteiger charge is 2.67. The van der Waals surface area contributed by atoms with Gasteiger partial charge in [0.05, 0.1) is 23.1 Å². The van der Waals surface area contributed by atoms with Crippen molar-refractivity contribution in [1.29, 1.82) is 0 Å². The van der Waals surface area contributed by atoms with Crippen molar-refractivity contribution in [3.63, 3.8) is 0 Å². The molecule has 7 rings (SSSR count). The van der Waals surface area contributed by atoms with E-state index >= 15 is 0 Å². The van der Waals surface area contributed by atoms with Crippen molar-refractivity contribution in [3.8, 4) is 5.75 Å². The van der Waals surface area contributed by atoms with Gasteiger partial charge in [-0.2, -0.15) is 0 Å². The lowest BCUT2D eigenvalue weighted by Gasteiger charge is -2.37. The molecule has 5 aliphatic rings. The molecule has 32 heavy (non-hydrogen) atoms. The van der Waals surface area contributed by atoms with Crippen LogP contribution in [0.4, 0.5) is 5.69 Å². The first-order valence-corrected chi connectivity index (χ1v) is 11.4.